The van der Waals surface area contributed by atoms with Crippen molar-refractivity contribution in [2.75, 3.05) is 0 Å². The van der Waals surface area contributed by atoms with Crippen LogP contribution in [0, 0.1) is 10.1 Å². The van der Waals surface area contributed by atoms with Crippen molar-refractivity contribution < 1.29 is 19.9 Å². The summed E-state index contributed by atoms with van der Waals surface area (Å²) in [6.07, 6.45) is 2.74. The number of nitro benzene ring substituents is 1. The molecule has 6 nitrogen and oxygen atoms in total. The second-order valence-corrected chi connectivity index (χ2v) is 5.52. The largest absolute Gasteiger partial charge is 0.487 e. The number of hydrogen-bond acceptors (Lipinski definition) is 5. The zero-order valence-corrected chi connectivity index (χ0v) is 12.1. The van der Waals surface area contributed by atoms with E-state index in [0.29, 0.717) is 17.7 Å². The van der Waals surface area contributed by atoms with Crippen LogP contribution in [0.3, 0.4) is 0 Å². The second-order valence-electron chi connectivity index (χ2n) is 5.52. The number of aliphatic hydroxyl groups is 2. The summed E-state index contributed by atoms with van der Waals surface area (Å²) in [5.74, 6) is 0.404. The van der Waals surface area contributed by atoms with Crippen LogP contribution in [0.15, 0.2) is 18.2 Å². The number of rotatable bonds is 4. The lowest BCUT2D eigenvalue weighted by Gasteiger charge is -2.24. The molecule has 3 atom stereocenters. The topological polar surface area (TPSA) is 92.8 Å². The van der Waals surface area contributed by atoms with Crippen LogP contribution in [0.25, 0.3) is 0 Å². The van der Waals surface area contributed by atoms with Gasteiger partial charge in [-0.1, -0.05) is 12.8 Å². The van der Waals surface area contributed by atoms with E-state index < -0.39 is 17.1 Å². The summed E-state index contributed by atoms with van der Waals surface area (Å²) >= 11 is 0. The molecule has 0 aromatic heterocycles. The van der Waals surface area contributed by atoms with Crippen molar-refractivity contribution in [1.82, 2.24) is 0 Å². The Morgan fingerprint density at radius 1 is 1.33 bits per heavy atom. The molecular formula is C15H21NO5. The van der Waals surface area contributed by atoms with E-state index in [1.165, 1.54) is 25.1 Å². The van der Waals surface area contributed by atoms with Gasteiger partial charge in [-0.2, -0.15) is 0 Å². The minimum Gasteiger partial charge on any atom is -0.487 e. The zero-order chi connectivity index (χ0) is 15.4. The minimum absolute atomic E-state index is 0.0836. The molecule has 1 aliphatic rings. The number of ether oxygens (including phenoxy) is 1. The van der Waals surface area contributed by atoms with Crippen molar-refractivity contribution in [2.24, 2.45) is 0 Å². The molecule has 1 fully saturated rings. The highest BCUT2D eigenvalue weighted by Crippen LogP contribution is 2.32. The third kappa shape index (κ3) is 3.92. The Bertz CT molecular complexity index is 503. The van der Waals surface area contributed by atoms with E-state index in [4.69, 9.17) is 4.74 Å². The number of non-ortho nitro benzene ring substituents is 1. The highest BCUT2D eigenvalue weighted by atomic mass is 16.6. The average Bonchev–Trinajstić information content (AvgIpc) is 2.64. The van der Waals surface area contributed by atoms with Gasteiger partial charge < -0.3 is 14.9 Å². The van der Waals surface area contributed by atoms with Gasteiger partial charge in [-0.15, -0.1) is 0 Å². The monoisotopic (exact) mass is 295 g/mol. The quantitative estimate of drug-likeness (QED) is 0.506. The molecule has 6 heteroatoms. The van der Waals surface area contributed by atoms with Crippen LogP contribution in [0.2, 0.25) is 0 Å². The smallest absolute Gasteiger partial charge is 0.270 e. The van der Waals surface area contributed by atoms with Gasteiger partial charge in [-0.25, -0.2) is 0 Å². The van der Waals surface area contributed by atoms with E-state index in [-0.39, 0.29) is 11.8 Å². The van der Waals surface area contributed by atoms with Gasteiger partial charge in [0.15, 0.2) is 0 Å². The van der Waals surface area contributed by atoms with Crippen LogP contribution < -0.4 is 4.74 Å². The lowest BCUT2D eigenvalue weighted by atomic mass is 10.1. The van der Waals surface area contributed by atoms with Gasteiger partial charge in [0.2, 0.25) is 0 Å². The standard InChI is InChI=1S/C15H21NO5/c1-10(17)12-9-11(16(19)20)7-8-14(12)21-15-6-4-2-3-5-13(15)18/h7-10,13,15,17-18H,2-6H2,1H3/t10-,13?,15?/m0/s1. The molecule has 1 aromatic rings. The van der Waals surface area contributed by atoms with E-state index in [0.717, 1.165) is 25.7 Å². The lowest BCUT2D eigenvalue weighted by molar-refractivity contribution is -0.385. The van der Waals surface area contributed by atoms with Gasteiger partial charge >= 0.3 is 0 Å². The number of benzene rings is 1. The zero-order valence-electron chi connectivity index (χ0n) is 12.1. The van der Waals surface area contributed by atoms with Gasteiger partial charge in [0.1, 0.15) is 11.9 Å². The Morgan fingerprint density at radius 2 is 2.05 bits per heavy atom. The van der Waals surface area contributed by atoms with E-state index in [1.54, 1.807) is 0 Å². The van der Waals surface area contributed by atoms with Crippen LogP contribution in [-0.2, 0) is 0 Å². The fourth-order valence-electron chi connectivity index (χ4n) is 2.64. The second kappa shape index (κ2) is 6.87. The normalized spacial score (nSPS) is 24.1. The molecule has 0 heterocycles. The molecule has 0 aliphatic heterocycles. The maximum Gasteiger partial charge on any atom is 0.270 e. The molecule has 116 valence electrons. The van der Waals surface area contributed by atoms with Gasteiger partial charge in [-0.3, -0.25) is 10.1 Å². The molecule has 0 saturated heterocycles. The fourth-order valence-corrected chi connectivity index (χ4v) is 2.64. The highest BCUT2D eigenvalue weighted by Gasteiger charge is 2.25. The summed E-state index contributed by atoms with van der Waals surface area (Å²) in [6, 6.07) is 4.17. The molecular weight excluding hydrogens is 274 g/mol. The highest BCUT2D eigenvalue weighted by molar-refractivity contribution is 5.45. The molecule has 0 amide bonds. The predicted octanol–water partition coefficient (Wildman–Crippen LogP) is 2.72. The maximum atomic E-state index is 10.8. The molecule has 1 aliphatic carbocycles. The van der Waals surface area contributed by atoms with Crippen LogP contribution in [0.5, 0.6) is 5.75 Å². The van der Waals surface area contributed by atoms with Gasteiger partial charge in [0, 0.05) is 17.7 Å². The van der Waals surface area contributed by atoms with Crippen molar-refractivity contribution in [3.63, 3.8) is 0 Å². The first-order valence-electron chi connectivity index (χ1n) is 7.30. The van der Waals surface area contributed by atoms with Crippen LogP contribution in [0.4, 0.5) is 5.69 Å². The molecule has 21 heavy (non-hydrogen) atoms. The van der Waals surface area contributed by atoms with Crippen LogP contribution in [-0.4, -0.2) is 27.3 Å². The van der Waals surface area contributed by atoms with Gasteiger partial charge in [0.05, 0.1) is 17.1 Å². The third-order valence-electron chi connectivity index (χ3n) is 3.85. The Kier molecular flexibility index (Phi) is 5.14. The molecule has 0 spiro atoms. The SMILES string of the molecule is C[C@H](O)c1cc([N+](=O)[O-])ccc1OC1CCCCCC1O. The summed E-state index contributed by atoms with van der Waals surface area (Å²) in [7, 11) is 0. The molecule has 2 N–H and O–H groups in total. The molecule has 2 unspecified atom stereocenters. The van der Waals surface area contributed by atoms with E-state index in [1.807, 2.05) is 0 Å². The number of nitrogens with zero attached hydrogens (tertiary/aromatic N) is 1. The van der Waals surface area contributed by atoms with Gasteiger partial charge in [0.25, 0.3) is 5.69 Å². The number of hydrogen-bond donors (Lipinski definition) is 2. The Balaban J connectivity index is 2.23. The fraction of sp³-hybridized carbons (Fsp3) is 0.600. The van der Waals surface area contributed by atoms with Crippen molar-refractivity contribution >= 4 is 5.69 Å². The van der Waals surface area contributed by atoms with E-state index in [9.17, 15) is 20.3 Å². The first-order chi connectivity index (χ1) is 9.99. The summed E-state index contributed by atoms with van der Waals surface area (Å²) < 4.78 is 5.84. The number of nitro groups is 1. The summed E-state index contributed by atoms with van der Waals surface area (Å²) in [4.78, 5) is 10.3. The summed E-state index contributed by atoms with van der Waals surface area (Å²) in [5, 5.41) is 30.7. The minimum atomic E-state index is -0.872. The molecule has 1 saturated carbocycles. The first kappa shape index (κ1) is 15.7. The predicted molar refractivity (Wildman–Crippen MR) is 77.2 cm³/mol. The van der Waals surface area contributed by atoms with Crippen molar-refractivity contribution in [3.8, 4) is 5.75 Å². The summed E-state index contributed by atoms with van der Waals surface area (Å²) in [5.41, 5.74) is 0.292. The van der Waals surface area contributed by atoms with Crippen molar-refractivity contribution in [1.29, 1.82) is 0 Å². The van der Waals surface area contributed by atoms with Crippen molar-refractivity contribution in [3.05, 3.63) is 33.9 Å². The maximum absolute atomic E-state index is 10.8. The Morgan fingerprint density at radius 3 is 2.71 bits per heavy atom. The molecule has 2 rings (SSSR count). The third-order valence-corrected chi connectivity index (χ3v) is 3.85. The van der Waals surface area contributed by atoms with E-state index in [2.05, 4.69) is 0 Å². The van der Waals surface area contributed by atoms with Crippen LogP contribution >= 0.6 is 0 Å². The molecule has 0 bridgehead atoms. The molecule has 0 radical (unpaired) electrons. The average molecular weight is 295 g/mol. The Labute approximate surface area is 123 Å². The lowest BCUT2D eigenvalue weighted by Crippen LogP contribution is -2.30. The first-order valence-corrected chi connectivity index (χ1v) is 7.30. The summed E-state index contributed by atoms with van der Waals surface area (Å²) in [6.45, 7) is 1.54. The Hall–Kier alpha value is -1.66. The van der Waals surface area contributed by atoms with E-state index >= 15 is 0 Å². The van der Waals surface area contributed by atoms with Crippen molar-refractivity contribution in [2.45, 2.75) is 57.3 Å². The number of aliphatic hydroxyl groups excluding tert-OH is 2. The van der Waals surface area contributed by atoms with Crippen LogP contribution in [0.1, 0.15) is 50.7 Å². The molecule has 1 aromatic carbocycles. The van der Waals surface area contributed by atoms with Gasteiger partial charge in [-0.05, 0) is 32.3 Å².